The Bertz CT molecular complexity index is 417. The molecule has 0 heterocycles. The van der Waals surface area contributed by atoms with Crippen LogP contribution in [0, 0.1) is 0 Å². The van der Waals surface area contributed by atoms with Crippen molar-refractivity contribution >= 4 is 40.0 Å². The molecule has 0 atom stereocenters. The van der Waals surface area contributed by atoms with Gasteiger partial charge in [-0.15, -0.1) is 24.0 Å². The van der Waals surface area contributed by atoms with Crippen LogP contribution in [0.5, 0.6) is 0 Å². The van der Waals surface area contributed by atoms with Crippen molar-refractivity contribution in [3.63, 3.8) is 0 Å². The highest BCUT2D eigenvalue weighted by Gasteiger charge is 2.22. The van der Waals surface area contributed by atoms with E-state index in [1.54, 1.807) is 13.8 Å². The van der Waals surface area contributed by atoms with Gasteiger partial charge in [0, 0.05) is 11.6 Å². The molecule has 0 unspecified atom stereocenters. The van der Waals surface area contributed by atoms with E-state index in [1.165, 1.54) is 19.3 Å². The Labute approximate surface area is 139 Å². The van der Waals surface area contributed by atoms with Gasteiger partial charge < -0.3 is 11.1 Å². The van der Waals surface area contributed by atoms with Crippen molar-refractivity contribution < 1.29 is 8.42 Å². The Morgan fingerprint density at radius 2 is 1.85 bits per heavy atom. The first-order chi connectivity index (χ1) is 8.68. The summed E-state index contributed by atoms with van der Waals surface area (Å²) in [6.07, 6.45) is 7.14. The van der Waals surface area contributed by atoms with Crippen molar-refractivity contribution in [3.8, 4) is 0 Å². The van der Waals surface area contributed by atoms with Gasteiger partial charge >= 0.3 is 0 Å². The number of nitrogens with two attached hydrogens (primary N) is 1. The number of hydrogen-bond acceptors (Lipinski definition) is 3. The van der Waals surface area contributed by atoms with Gasteiger partial charge in [-0.1, -0.05) is 19.3 Å². The van der Waals surface area contributed by atoms with Crippen LogP contribution in [0.15, 0.2) is 4.99 Å². The molecule has 6 nitrogen and oxygen atoms in total. The van der Waals surface area contributed by atoms with Crippen molar-refractivity contribution in [2.75, 3.05) is 12.8 Å². The van der Waals surface area contributed by atoms with Gasteiger partial charge in [-0.05, 0) is 26.7 Å². The number of hydrogen-bond donors (Lipinski definition) is 3. The summed E-state index contributed by atoms with van der Waals surface area (Å²) < 4.78 is 24.9. The fraction of sp³-hybridized carbons (Fsp3) is 0.917. The monoisotopic (exact) mass is 418 g/mol. The zero-order valence-corrected chi connectivity index (χ0v) is 15.6. The van der Waals surface area contributed by atoms with Crippen LogP contribution < -0.4 is 15.8 Å². The lowest BCUT2D eigenvalue weighted by atomic mass is 9.96. The second-order valence-corrected chi connectivity index (χ2v) is 7.69. The number of nitrogens with zero attached hydrogens (tertiary/aromatic N) is 1. The number of guanidine groups is 1. The molecule has 1 fully saturated rings. The lowest BCUT2D eigenvalue weighted by Gasteiger charge is -2.25. The van der Waals surface area contributed by atoms with Gasteiger partial charge in [0.1, 0.15) is 0 Å². The van der Waals surface area contributed by atoms with Gasteiger partial charge in [-0.2, -0.15) is 0 Å². The van der Waals surface area contributed by atoms with Crippen molar-refractivity contribution in [2.45, 2.75) is 57.5 Å². The van der Waals surface area contributed by atoms with E-state index in [-0.39, 0.29) is 24.0 Å². The summed E-state index contributed by atoms with van der Waals surface area (Å²) >= 11 is 0. The van der Waals surface area contributed by atoms with Crippen molar-refractivity contribution in [1.29, 1.82) is 0 Å². The summed E-state index contributed by atoms with van der Waals surface area (Å²) in [5.41, 5.74) is 5.20. The van der Waals surface area contributed by atoms with Gasteiger partial charge in [0.05, 0.1) is 12.8 Å². The summed E-state index contributed by atoms with van der Waals surface area (Å²) in [5.74, 6) is 0.398. The zero-order valence-electron chi connectivity index (χ0n) is 12.5. The summed E-state index contributed by atoms with van der Waals surface area (Å²) in [4.78, 5) is 4.23. The second kappa shape index (κ2) is 8.38. The smallest absolute Gasteiger partial charge is 0.209 e. The third kappa shape index (κ3) is 8.96. The molecule has 1 aliphatic carbocycles. The zero-order chi connectivity index (χ0) is 14.5. The molecule has 0 aliphatic heterocycles. The first kappa shape index (κ1) is 19.9. The van der Waals surface area contributed by atoms with E-state index in [0.29, 0.717) is 18.5 Å². The molecule has 0 saturated heterocycles. The molecule has 1 rings (SSSR count). The fourth-order valence-corrected chi connectivity index (χ4v) is 3.39. The summed E-state index contributed by atoms with van der Waals surface area (Å²) in [7, 11) is -3.24. The molecule has 0 amide bonds. The average Bonchev–Trinajstić information content (AvgIpc) is 2.25. The van der Waals surface area contributed by atoms with Crippen LogP contribution in [-0.2, 0) is 10.0 Å². The minimum absolute atomic E-state index is 0. The lowest BCUT2D eigenvalue weighted by Crippen LogP contribution is -2.47. The van der Waals surface area contributed by atoms with Crippen LogP contribution in [0.3, 0.4) is 0 Å². The van der Waals surface area contributed by atoms with Gasteiger partial charge in [-0.25, -0.2) is 13.1 Å². The Kier molecular flexibility index (Phi) is 8.34. The molecule has 20 heavy (non-hydrogen) atoms. The third-order valence-electron chi connectivity index (χ3n) is 3.06. The van der Waals surface area contributed by atoms with E-state index in [4.69, 9.17) is 5.73 Å². The summed E-state index contributed by atoms with van der Waals surface area (Å²) in [6, 6.07) is 0.406. The van der Waals surface area contributed by atoms with Crippen LogP contribution in [0.4, 0.5) is 0 Å². The average molecular weight is 418 g/mol. The molecule has 0 aromatic heterocycles. The second-order valence-electron chi connectivity index (χ2n) is 5.94. The first-order valence-corrected chi connectivity index (χ1v) is 8.62. The van der Waals surface area contributed by atoms with Gasteiger partial charge in [0.2, 0.25) is 10.0 Å². The van der Waals surface area contributed by atoms with Crippen molar-refractivity contribution in [1.82, 2.24) is 10.0 Å². The SMILES string of the molecule is CC(C)(CN=C(N)NC1CCCCC1)NS(C)(=O)=O.I. The quantitative estimate of drug-likeness (QED) is 0.355. The number of halogens is 1. The van der Waals surface area contributed by atoms with E-state index >= 15 is 0 Å². The maximum absolute atomic E-state index is 11.2. The Morgan fingerprint density at radius 1 is 1.30 bits per heavy atom. The first-order valence-electron chi connectivity index (χ1n) is 6.73. The maximum Gasteiger partial charge on any atom is 0.209 e. The van der Waals surface area contributed by atoms with Gasteiger partial charge in [0.25, 0.3) is 0 Å². The van der Waals surface area contributed by atoms with Crippen molar-refractivity contribution in [3.05, 3.63) is 0 Å². The standard InChI is InChI=1S/C12H26N4O2S.HI/c1-12(2,16-19(3,17)18)9-14-11(13)15-10-7-5-4-6-8-10;/h10,16H,4-9H2,1-3H3,(H3,13,14,15);1H. The van der Waals surface area contributed by atoms with E-state index < -0.39 is 15.6 Å². The van der Waals surface area contributed by atoms with Crippen LogP contribution in [0.25, 0.3) is 0 Å². The molecule has 8 heteroatoms. The number of sulfonamides is 1. The molecule has 1 saturated carbocycles. The molecular formula is C12H27IN4O2S. The molecule has 0 aromatic rings. The van der Waals surface area contributed by atoms with Crippen LogP contribution in [-0.4, -0.2) is 38.8 Å². The Morgan fingerprint density at radius 3 is 2.35 bits per heavy atom. The summed E-state index contributed by atoms with van der Waals surface area (Å²) in [5, 5.41) is 3.20. The van der Waals surface area contributed by atoms with Gasteiger partial charge in [0.15, 0.2) is 5.96 Å². The fourth-order valence-electron chi connectivity index (χ4n) is 2.32. The molecule has 1 aliphatic rings. The highest BCUT2D eigenvalue weighted by Crippen LogP contribution is 2.17. The van der Waals surface area contributed by atoms with Crippen molar-refractivity contribution in [2.24, 2.45) is 10.7 Å². The Balaban J connectivity index is 0.00000361. The number of nitrogens with one attached hydrogen (secondary N) is 2. The molecule has 0 radical (unpaired) electrons. The highest BCUT2D eigenvalue weighted by atomic mass is 127. The van der Waals surface area contributed by atoms with E-state index in [2.05, 4.69) is 15.0 Å². The predicted molar refractivity (Wildman–Crippen MR) is 94.0 cm³/mol. The minimum Gasteiger partial charge on any atom is -0.370 e. The van der Waals surface area contributed by atoms with Crippen LogP contribution >= 0.6 is 24.0 Å². The highest BCUT2D eigenvalue weighted by molar-refractivity contribution is 14.0. The molecule has 0 bridgehead atoms. The normalized spacial score (nSPS) is 18.4. The van der Waals surface area contributed by atoms with E-state index in [1.807, 2.05) is 0 Å². The van der Waals surface area contributed by atoms with Crippen LogP contribution in [0.1, 0.15) is 46.0 Å². The molecule has 120 valence electrons. The minimum atomic E-state index is -3.24. The maximum atomic E-state index is 11.2. The topological polar surface area (TPSA) is 96.6 Å². The summed E-state index contributed by atoms with van der Waals surface area (Å²) in [6.45, 7) is 3.88. The van der Waals surface area contributed by atoms with E-state index in [9.17, 15) is 8.42 Å². The van der Waals surface area contributed by atoms with Crippen LogP contribution in [0.2, 0.25) is 0 Å². The number of aliphatic imine (C=N–C) groups is 1. The Hall–Kier alpha value is -0.0900. The predicted octanol–water partition coefficient (Wildman–Crippen LogP) is 1.17. The molecule has 0 spiro atoms. The lowest BCUT2D eigenvalue weighted by molar-refractivity contribution is 0.410. The third-order valence-corrected chi connectivity index (χ3v) is 3.99. The number of rotatable bonds is 5. The molecular weight excluding hydrogens is 391 g/mol. The molecule has 4 N–H and O–H groups in total. The van der Waals surface area contributed by atoms with E-state index in [0.717, 1.165) is 19.1 Å². The largest absolute Gasteiger partial charge is 0.370 e. The molecule has 0 aromatic carbocycles. The van der Waals surface area contributed by atoms with Gasteiger partial charge in [-0.3, -0.25) is 4.99 Å².